The molecule has 32 heavy (non-hydrogen) atoms. The first-order chi connectivity index (χ1) is 15.2. The van der Waals surface area contributed by atoms with E-state index in [0.717, 1.165) is 25.7 Å². The topological polar surface area (TPSA) is 78.9 Å². The van der Waals surface area contributed by atoms with Crippen LogP contribution in [0.5, 0.6) is 0 Å². The van der Waals surface area contributed by atoms with Gasteiger partial charge >= 0.3 is 17.9 Å². The van der Waals surface area contributed by atoms with Gasteiger partial charge in [0.25, 0.3) is 0 Å². The van der Waals surface area contributed by atoms with E-state index in [4.69, 9.17) is 14.2 Å². The fourth-order valence-electron chi connectivity index (χ4n) is 3.04. The van der Waals surface area contributed by atoms with Crippen LogP contribution in [-0.2, 0) is 23.8 Å². The summed E-state index contributed by atoms with van der Waals surface area (Å²) < 4.78 is 16.2. The third-order valence-electron chi connectivity index (χ3n) is 4.62. The van der Waals surface area contributed by atoms with Gasteiger partial charge in [-0.15, -0.1) is 0 Å². The molecule has 0 fully saturated rings. The van der Waals surface area contributed by atoms with Crippen LogP contribution in [-0.4, -0.2) is 36.2 Å². The molecule has 1 unspecified atom stereocenters. The average Bonchev–Trinajstić information content (AvgIpc) is 2.72. The fourth-order valence-corrected chi connectivity index (χ4v) is 3.04. The Morgan fingerprint density at radius 1 is 0.812 bits per heavy atom. The molecule has 0 aliphatic carbocycles. The number of allylic oxidation sites excluding steroid dienone is 1. The number of unbranched alkanes of at least 4 members (excludes halogenated alkanes) is 2. The van der Waals surface area contributed by atoms with Gasteiger partial charge in [-0.2, -0.15) is 0 Å². The molecule has 178 valence electrons. The van der Waals surface area contributed by atoms with Crippen LogP contribution in [0.3, 0.4) is 0 Å². The van der Waals surface area contributed by atoms with E-state index in [1.54, 1.807) is 58.0 Å². The Kier molecular flexibility index (Phi) is 13.0. The zero-order chi connectivity index (χ0) is 23.9. The Hall–Kier alpha value is -2.63. The second kappa shape index (κ2) is 15.2. The number of rotatable bonds is 14. The fraction of sp³-hybridized carbons (Fsp3) is 0.577. The highest BCUT2D eigenvalue weighted by atomic mass is 16.6. The molecule has 0 radical (unpaired) electrons. The molecular formula is C26H38O6. The normalized spacial score (nSPS) is 12.4. The molecular weight excluding hydrogens is 408 g/mol. The lowest BCUT2D eigenvalue weighted by Crippen LogP contribution is -2.30. The van der Waals surface area contributed by atoms with Gasteiger partial charge in [-0.05, 0) is 59.1 Å². The van der Waals surface area contributed by atoms with Crippen molar-refractivity contribution in [3.05, 3.63) is 48.0 Å². The minimum Gasteiger partial charge on any atom is -0.462 e. The van der Waals surface area contributed by atoms with Gasteiger partial charge in [-0.1, -0.05) is 50.1 Å². The Bertz CT molecular complexity index is 701. The second-order valence-corrected chi connectivity index (χ2v) is 8.36. The van der Waals surface area contributed by atoms with Crippen molar-refractivity contribution in [2.45, 2.75) is 91.5 Å². The molecule has 0 aliphatic heterocycles. The molecule has 1 rings (SSSR count). The van der Waals surface area contributed by atoms with Crippen molar-refractivity contribution >= 4 is 17.9 Å². The predicted molar refractivity (Wildman–Crippen MR) is 124 cm³/mol. The lowest BCUT2D eigenvalue weighted by atomic mass is 10.0. The first-order valence-electron chi connectivity index (χ1n) is 11.6. The molecule has 0 N–H and O–H groups in total. The summed E-state index contributed by atoms with van der Waals surface area (Å²) in [6, 6.07) is 8.91. The number of esters is 3. The Morgan fingerprint density at radius 2 is 1.38 bits per heavy atom. The Labute approximate surface area is 192 Å². The summed E-state index contributed by atoms with van der Waals surface area (Å²) in [6.45, 7) is 9.07. The third kappa shape index (κ3) is 11.1. The van der Waals surface area contributed by atoms with Gasteiger partial charge in [0.2, 0.25) is 0 Å². The van der Waals surface area contributed by atoms with Gasteiger partial charge in [-0.25, -0.2) is 4.79 Å². The molecule has 1 aromatic carbocycles. The number of hydrogen-bond donors (Lipinski definition) is 0. The number of carbonyl (C=O) groups is 3. The summed E-state index contributed by atoms with van der Waals surface area (Å²) in [6.07, 6.45) is 7.24. The van der Waals surface area contributed by atoms with E-state index >= 15 is 0 Å². The Balaban J connectivity index is 2.76. The van der Waals surface area contributed by atoms with Crippen molar-refractivity contribution in [3.63, 3.8) is 0 Å². The number of carbonyl (C=O) groups excluding carboxylic acids is 3. The van der Waals surface area contributed by atoms with Gasteiger partial charge in [0.15, 0.2) is 5.92 Å². The molecule has 6 nitrogen and oxygen atoms in total. The summed E-state index contributed by atoms with van der Waals surface area (Å²) in [4.78, 5) is 37.2. The van der Waals surface area contributed by atoms with Crippen LogP contribution in [0.2, 0.25) is 0 Å². The maximum absolute atomic E-state index is 12.4. The molecule has 0 bridgehead atoms. The van der Waals surface area contributed by atoms with Crippen LogP contribution in [0.25, 0.3) is 0 Å². The van der Waals surface area contributed by atoms with Gasteiger partial charge in [0, 0.05) is 6.42 Å². The number of ether oxygens (including phenoxy) is 3. The molecule has 0 aromatic heterocycles. The van der Waals surface area contributed by atoms with Crippen molar-refractivity contribution in [2.24, 2.45) is 5.92 Å². The minimum atomic E-state index is -1.01. The van der Waals surface area contributed by atoms with E-state index in [1.807, 2.05) is 12.1 Å². The van der Waals surface area contributed by atoms with E-state index in [2.05, 4.69) is 6.92 Å². The lowest BCUT2D eigenvalue weighted by molar-refractivity contribution is -0.166. The summed E-state index contributed by atoms with van der Waals surface area (Å²) in [7, 11) is 0. The maximum atomic E-state index is 12.4. The van der Waals surface area contributed by atoms with Crippen molar-refractivity contribution in [3.8, 4) is 0 Å². The molecule has 0 amide bonds. The van der Waals surface area contributed by atoms with Crippen molar-refractivity contribution in [1.29, 1.82) is 0 Å². The third-order valence-corrected chi connectivity index (χ3v) is 4.62. The zero-order valence-electron chi connectivity index (χ0n) is 20.0. The number of benzene rings is 1. The summed E-state index contributed by atoms with van der Waals surface area (Å²) >= 11 is 0. The minimum absolute atomic E-state index is 0.172. The monoisotopic (exact) mass is 446 g/mol. The first-order valence-corrected chi connectivity index (χ1v) is 11.6. The van der Waals surface area contributed by atoms with Crippen LogP contribution >= 0.6 is 0 Å². The van der Waals surface area contributed by atoms with Gasteiger partial charge < -0.3 is 14.2 Å². The van der Waals surface area contributed by atoms with Crippen molar-refractivity contribution < 1.29 is 28.6 Å². The van der Waals surface area contributed by atoms with E-state index in [0.29, 0.717) is 12.0 Å². The van der Waals surface area contributed by atoms with E-state index in [1.165, 1.54) is 0 Å². The molecule has 1 aromatic rings. The smallest absolute Gasteiger partial charge is 0.338 e. The molecule has 6 heteroatoms. The average molecular weight is 447 g/mol. The predicted octanol–water partition coefficient (Wildman–Crippen LogP) is 5.65. The second-order valence-electron chi connectivity index (χ2n) is 8.36. The van der Waals surface area contributed by atoms with Gasteiger partial charge in [-0.3, -0.25) is 9.59 Å². The standard InChI is InChI=1S/C26H38O6/c1-6-7-9-16-22(32-24(27)21-14-10-8-11-15-21)17-12-13-18-23(25(28)30-19(2)3)26(29)31-20(4)5/h8,10-15,19-20,22-23H,6-7,9,16-18H2,1-5H3/b13-12+. The zero-order valence-corrected chi connectivity index (χ0v) is 20.0. The van der Waals surface area contributed by atoms with Crippen LogP contribution in [0.1, 0.15) is 83.5 Å². The molecule has 0 saturated heterocycles. The van der Waals surface area contributed by atoms with E-state index < -0.39 is 17.9 Å². The summed E-state index contributed by atoms with van der Waals surface area (Å²) in [5.74, 6) is -2.54. The van der Waals surface area contributed by atoms with Gasteiger partial charge in [0.05, 0.1) is 17.8 Å². The van der Waals surface area contributed by atoms with Crippen LogP contribution in [0.15, 0.2) is 42.5 Å². The SMILES string of the molecule is CCCCCC(C/C=C/CC(C(=O)OC(C)C)C(=O)OC(C)C)OC(=O)c1ccccc1. The lowest BCUT2D eigenvalue weighted by Gasteiger charge is -2.18. The highest BCUT2D eigenvalue weighted by Gasteiger charge is 2.30. The molecule has 1 atom stereocenters. The molecule has 0 heterocycles. The van der Waals surface area contributed by atoms with E-state index in [-0.39, 0.29) is 30.7 Å². The largest absolute Gasteiger partial charge is 0.462 e. The molecule has 0 aliphatic rings. The van der Waals surface area contributed by atoms with Crippen LogP contribution < -0.4 is 0 Å². The maximum Gasteiger partial charge on any atom is 0.338 e. The van der Waals surface area contributed by atoms with Gasteiger partial charge in [0.1, 0.15) is 6.10 Å². The van der Waals surface area contributed by atoms with E-state index in [9.17, 15) is 14.4 Å². The quantitative estimate of drug-likeness (QED) is 0.121. The Morgan fingerprint density at radius 3 is 1.91 bits per heavy atom. The summed E-state index contributed by atoms with van der Waals surface area (Å²) in [5.41, 5.74) is 0.518. The van der Waals surface area contributed by atoms with Crippen molar-refractivity contribution in [2.75, 3.05) is 0 Å². The highest BCUT2D eigenvalue weighted by Crippen LogP contribution is 2.16. The molecule has 0 saturated carbocycles. The van der Waals surface area contributed by atoms with Crippen LogP contribution in [0.4, 0.5) is 0 Å². The molecule has 0 spiro atoms. The number of hydrogen-bond acceptors (Lipinski definition) is 6. The highest BCUT2D eigenvalue weighted by molar-refractivity contribution is 5.95. The van der Waals surface area contributed by atoms with Crippen molar-refractivity contribution in [1.82, 2.24) is 0 Å². The van der Waals surface area contributed by atoms with Crippen LogP contribution in [0, 0.1) is 5.92 Å². The first kappa shape index (κ1) is 27.4. The summed E-state index contributed by atoms with van der Waals surface area (Å²) in [5, 5.41) is 0.